The van der Waals surface area contributed by atoms with Gasteiger partial charge < -0.3 is 9.26 Å². The molecule has 1 fully saturated rings. The first-order valence-corrected chi connectivity index (χ1v) is 9.54. The Balaban J connectivity index is 1.45. The van der Waals surface area contributed by atoms with Gasteiger partial charge in [-0.2, -0.15) is 10.2 Å². The van der Waals surface area contributed by atoms with E-state index in [-0.39, 0.29) is 0 Å². The molecular weight excluding hydrogens is 396 g/mol. The molecule has 0 saturated heterocycles. The summed E-state index contributed by atoms with van der Waals surface area (Å²) in [6.45, 7) is 0.313. The fourth-order valence-corrected chi connectivity index (χ4v) is 4.22. The third-order valence-corrected chi connectivity index (χ3v) is 6.01. The van der Waals surface area contributed by atoms with Crippen LogP contribution in [0.25, 0.3) is 0 Å². The third-order valence-electron chi connectivity index (χ3n) is 5.61. The summed E-state index contributed by atoms with van der Waals surface area (Å²) >= 11 is 6.58. The Hall–Kier alpha value is -3.29. The molecule has 1 unspecified atom stereocenters. The smallest absolute Gasteiger partial charge is 0.287 e. The number of halogens is 1. The Morgan fingerprint density at radius 1 is 1.34 bits per heavy atom. The lowest BCUT2D eigenvalue weighted by Gasteiger charge is -2.40. The summed E-state index contributed by atoms with van der Waals surface area (Å²) in [5, 5.41) is 17.3. The normalized spacial score (nSPS) is 23.3. The van der Waals surface area contributed by atoms with Gasteiger partial charge in [0.2, 0.25) is 0 Å². The first-order valence-electron chi connectivity index (χ1n) is 9.11. The Kier molecular flexibility index (Phi) is 3.23. The number of hydrazine groups is 1. The third kappa shape index (κ3) is 2.11. The lowest BCUT2D eigenvalue weighted by molar-refractivity contribution is 0.0492. The molecule has 0 spiro atoms. The van der Waals surface area contributed by atoms with E-state index >= 15 is 0 Å². The zero-order chi connectivity index (χ0) is 19.8. The van der Waals surface area contributed by atoms with Crippen molar-refractivity contribution in [3.63, 3.8) is 0 Å². The fourth-order valence-electron chi connectivity index (χ4n) is 3.91. The van der Waals surface area contributed by atoms with Crippen LogP contribution in [-0.2, 0) is 10.3 Å². The van der Waals surface area contributed by atoms with Crippen molar-refractivity contribution in [1.29, 1.82) is 5.26 Å². The minimum absolute atomic E-state index is 0.313. The largest absolute Gasteiger partial charge is 0.368 e. The fraction of sp³-hybridized carbons (Fsp3) is 0.333. The summed E-state index contributed by atoms with van der Waals surface area (Å²) in [5.41, 5.74) is 0.653. The Bertz CT molecular complexity index is 1120. The van der Waals surface area contributed by atoms with Crippen LogP contribution >= 0.6 is 11.6 Å². The van der Waals surface area contributed by atoms with Gasteiger partial charge >= 0.3 is 0 Å². The molecule has 29 heavy (non-hydrogen) atoms. The molecule has 1 atom stereocenters. The molecule has 1 aromatic heterocycles. The number of aliphatic imine (C=N–C) groups is 1. The lowest BCUT2D eigenvalue weighted by atomic mass is 10.1. The second kappa shape index (κ2) is 5.62. The number of anilines is 2. The van der Waals surface area contributed by atoms with Crippen molar-refractivity contribution in [2.24, 2.45) is 4.99 Å². The molecule has 1 saturated carbocycles. The van der Waals surface area contributed by atoms with E-state index in [9.17, 15) is 5.26 Å². The molecule has 10 nitrogen and oxygen atoms in total. The molecule has 6 rings (SSSR count). The zero-order valence-corrected chi connectivity index (χ0v) is 16.1. The first kappa shape index (κ1) is 16.6. The van der Waals surface area contributed by atoms with Gasteiger partial charge in [0, 0.05) is 12.7 Å². The molecule has 0 bridgehead atoms. The van der Waals surface area contributed by atoms with Crippen LogP contribution in [0.1, 0.15) is 24.3 Å². The summed E-state index contributed by atoms with van der Waals surface area (Å²) in [7, 11) is 1.65. The zero-order valence-electron chi connectivity index (χ0n) is 15.4. The topological polar surface area (TPSA) is 97.3 Å². The number of nitrogens with zero attached hydrogens (tertiary/aromatic N) is 8. The van der Waals surface area contributed by atoms with Crippen molar-refractivity contribution in [2.45, 2.75) is 24.1 Å². The number of amidine groups is 1. The van der Waals surface area contributed by atoms with Gasteiger partial charge in [-0.25, -0.2) is 19.9 Å². The average molecular weight is 411 g/mol. The number of rotatable bonds is 3. The highest BCUT2D eigenvalue weighted by Crippen LogP contribution is 2.49. The van der Waals surface area contributed by atoms with E-state index in [1.54, 1.807) is 18.3 Å². The van der Waals surface area contributed by atoms with Crippen molar-refractivity contribution >= 4 is 29.1 Å². The molecule has 4 aliphatic rings. The average Bonchev–Trinajstić information content (AvgIpc) is 3.08. The van der Waals surface area contributed by atoms with Gasteiger partial charge in [-0.1, -0.05) is 23.7 Å². The molecule has 4 heterocycles. The second-order valence-corrected chi connectivity index (χ2v) is 7.52. The van der Waals surface area contributed by atoms with Crippen molar-refractivity contribution in [3.05, 3.63) is 47.7 Å². The van der Waals surface area contributed by atoms with E-state index in [0.29, 0.717) is 24.3 Å². The van der Waals surface area contributed by atoms with Gasteiger partial charge in [0.1, 0.15) is 12.3 Å². The highest BCUT2D eigenvalue weighted by Gasteiger charge is 2.51. The monoisotopic (exact) mass is 410 g/mol. The number of benzene rings is 1. The minimum Gasteiger partial charge on any atom is -0.368 e. The maximum Gasteiger partial charge on any atom is 0.287 e. The van der Waals surface area contributed by atoms with Crippen LogP contribution in [0, 0.1) is 11.5 Å². The number of ether oxygens (including phenoxy) is 1. The van der Waals surface area contributed by atoms with Crippen LogP contribution in [0.5, 0.6) is 0 Å². The van der Waals surface area contributed by atoms with E-state index in [4.69, 9.17) is 25.9 Å². The van der Waals surface area contributed by atoms with E-state index in [1.165, 1.54) is 4.90 Å². The van der Waals surface area contributed by atoms with Crippen molar-refractivity contribution in [3.8, 4) is 6.19 Å². The van der Waals surface area contributed by atoms with Crippen LogP contribution in [0.15, 0.2) is 45.8 Å². The van der Waals surface area contributed by atoms with E-state index in [0.717, 1.165) is 29.9 Å². The van der Waals surface area contributed by atoms with Gasteiger partial charge in [0.15, 0.2) is 23.5 Å². The summed E-state index contributed by atoms with van der Waals surface area (Å²) in [4.78, 5) is 12.5. The molecule has 0 amide bonds. The van der Waals surface area contributed by atoms with Crippen molar-refractivity contribution < 1.29 is 9.26 Å². The van der Waals surface area contributed by atoms with Gasteiger partial charge in [-0.15, -0.1) is 0 Å². The minimum atomic E-state index is -0.677. The summed E-state index contributed by atoms with van der Waals surface area (Å²) in [5.74, 6) is 2.28. The van der Waals surface area contributed by atoms with Crippen LogP contribution in [0.3, 0.4) is 0 Å². The Labute approximate surface area is 170 Å². The summed E-state index contributed by atoms with van der Waals surface area (Å²) in [6.07, 6.45) is 5.51. The van der Waals surface area contributed by atoms with Gasteiger partial charge in [0.25, 0.3) is 11.8 Å². The predicted octanol–water partition coefficient (Wildman–Crippen LogP) is 2.08. The van der Waals surface area contributed by atoms with Crippen LogP contribution in [-0.4, -0.2) is 45.3 Å². The predicted molar refractivity (Wildman–Crippen MR) is 102 cm³/mol. The molecule has 2 aromatic rings. The van der Waals surface area contributed by atoms with Crippen LogP contribution < -0.4 is 9.91 Å². The van der Waals surface area contributed by atoms with E-state index in [1.807, 2.05) is 34.2 Å². The summed E-state index contributed by atoms with van der Waals surface area (Å²) < 4.78 is 11.0. The number of para-hydroxylation sites is 1. The van der Waals surface area contributed by atoms with E-state index in [2.05, 4.69) is 16.3 Å². The molecule has 1 aliphatic carbocycles. The highest BCUT2D eigenvalue weighted by molar-refractivity contribution is 6.23. The number of alkyl halides is 1. The molecule has 1 aromatic carbocycles. The molecular formula is C18H15ClN8O2. The van der Waals surface area contributed by atoms with Gasteiger partial charge in [-0.05, 0) is 30.1 Å². The molecule has 0 N–H and O–H groups in total. The van der Waals surface area contributed by atoms with Crippen molar-refractivity contribution in [2.75, 3.05) is 23.7 Å². The van der Waals surface area contributed by atoms with Crippen LogP contribution in [0.2, 0.25) is 0 Å². The quantitative estimate of drug-likeness (QED) is 0.428. The van der Waals surface area contributed by atoms with E-state index < -0.39 is 11.2 Å². The molecule has 0 radical (unpaired) electrons. The molecule has 146 valence electrons. The second-order valence-electron chi connectivity index (χ2n) is 7.12. The summed E-state index contributed by atoms with van der Waals surface area (Å²) in [6, 6.07) is 7.82. The van der Waals surface area contributed by atoms with Gasteiger partial charge in [-0.3, -0.25) is 4.90 Å². The number of methoxy groups -OCH3 is 1. The molecule has 11 heteroatoms. The van der Waals surface area contributed by atoms with Crippen molar-refractivity contribution in [1.82, 2.24) is 20.0 Å². The number of fused-ring (bicyclic) bond motifs is 6. The SMILES string of the molecule is COC1(c2nc(N3CN=C4c5ccccc5N5C(=CN(C#N)C5Cl)N43)no2)CC1. The maximum absolute atomic E-state index is 9.49. The molecule has 3 aliphatic heterocycles. The van der Waals surface area contributed by atoms with Crippen LogP contribution in [0.4, 0.5) is 11.6 Å². The first-order chi connectivity index (χ1) is 14.2. The maximum atomic E-state index is 9.49. The lowest BCUT2D eigenvalue weighted by Crippen LogP contribution is -2.50. The van der Waals surface area contributed by atoms with Gasteiger partial charge in [0.05, 0.1) is 11.9 Å². The standard InChI is InChI=1S/C18H15ClN8O2/c1-28-18(6-7-18)15-22-17(23-29-15)25-10-21-14-11-4-2-3-5-12(11)26-13(27(14)25)8-24(9-20)16(26)19/h2-5,8,16H,6-7,10H2,1H3. The number of hydrogen-bond donors (Lipinski definition) is 0. The highest BCUT2D eigenvalue weighted by atomic mass is 35.5. The Morgan fingerprint density at radius 3 is 2.93 bits per heavy atom. The Morgan fingerprint density at radius 2 is 2.17 bits per heavy atom. The number of aromatic nitrogens is 2. The number of hydrogen-bond acceptors (Lipinski definition) is 10. The number of nitriles is 1.